The van der Waals surface area contributed by atoms with Crippen LogP contribution in [0.3, 0.4) is 0 Å². The molecule has 3 aromatic rings. The molecule has 0 amide bonds. The lowest BCUT2D eigenvalue weighted by Crippen LogP contribution is -2.07. The van der Waals surface area contributed by atoms with E-state index in [9.17, 15) is 0 Å². The van der Waals surface area contributed by atoms with Crippen molar-refractivity contribution in [2.24, 2.45) is 0 Å². The van der Waals surface area contributed by atoms with Crippen LogP contribution in [0.25, 0.3) is 5.69 Å². The van der Waals surface area contributed by atoms with Crippen LogP contribution in [0, 0.1) is 0 Å². The molecule has 0 saturated heterocycles. The number of aromatic nitrogens is 2. The van der Waals surface area contributed by atoms with Crippen molar-refractivity contribution in [3.63, 3.8) is 0 Å². The van der Waals surface area contributed by atoms with E-state index in [2.05, 4.69) is 37.4 Å². The molecule has 0 atom stereocenters. The topological polar surface area (TPSA) is 29.9 Å². The fourth-order valence-electron chi connectivity index (χ4n) is 2.43. The molecule has 1 N–H and O–H groups in total. The molecule has 0 unspecified atom stereocenters. The molecule has 3 rings (SSSR count). The molecule has 124 valence electrons. The van der Waals surface area contributed by atoms with Gasteiger partial charge in [-0.1, -0.05) is 67.4 Å². The number of rotatable bonds is 5. The van der Waals surface area contributed by atoms with Gasteiger partial charge in [0.25, 0.3) is 0 Å². The van der Waals surface area contributed by atoms with Gasteiger partial charge in [0.15, 0.2) is 0 Å². The van der Waals surface area contributed by atoms with Crippen LogP contribution in [-0.2, 0) is 6.54 Å². The summed E-state index contributed by atoms with van der Waals surface area (Å²) < 4.78 is 1.84. The van der Waals surface area contributed by atoms with Crippen LogP contribution >= 0.6 is 23.2 Å². The summed E-state index contributed by atoms with van der Waals surface area (Å²) in [5.41, 5.74) is 3.03. The smallest absolute Gasteiger partial charge is 0.130 e. The molecule has 0 aliphatic rings. The maximum absolute atomic E-state index is 6.37. The van der Waals surface area contributed by atoms with Gasteiger partial charge in [-0.25, -0.2) is 4.68 Å². The Balaban J connectivity index is 1.95. The third-order valence-electron chi connectivity index (χ3n) is 3.77. The first-order chi connectivity index (χ1) is 11.5. The molecule has 24 heavy (non-hydrogen) atoms. The lowest BCUT2D eigenvalue weighted by Gasteiger charge is -2.11. The standard InChI is InChI=1S/C19H19Cl2N3/c1-13(2)17-11-19(22-12-14-6-4-3-5-7-14)24(23-17)18-9-8-15(20)10-16(18)21/h3-11,13,22H,12H2,1-2H3. The van der Waals surface area contributed by atoms with Gasteiger partial charge in [-0.15, -0.1) is 0 Å². The average Bonchev–Trinajstić information content (AvgIpc) is 2.98. The molecule has 0 saturated carbocycles. The molecule has 0 aliphatic carbocycles. The Bertz CT molecular complexity index is 826. The van der Waals surface area contributed by atoms with Crippen molar-refractivity contribution in [1.29, 1.82) is 0 Å². The van der Waals surface area contributed by atoms with E-state index in [0.29, 0.717) is 16.0 Å². The monoisotopic (exact) mass is 359 g/mol. The van der Waals surface area contributed by atoms with Crippen LogP contribution < -0.4 is 5.32 Å². The molecule has 0 radical (unpaired) electrons. The second kappa shape index (κ2) is 7.29. The van der Waals surface area contributed by atoms with Gasteiger partial charge in [0, 0.05) is 17.6 Å². The molecule has 0 fully saturated rings. The van der Waals surface area contributed by atoms with E-state index in [1.54, 1.807) is 6.07 Å². The van der Waals surface area contributed by atoms with Gasteiger partial charge in [0.1, 0.15) is 5.82 Å². The van der Waals surface area contributed by atoms with E-state index in [1.165, 1.54) is 5.56 Å². The van der Waals surface area contributed by atoms with Gasteiger partial charge < -0.3 is 5.32 Å². The van der Waals surface area contributed by atoms with E-state index in [-0.39, 0.29) is 0 Å². The predicted molar refractivity (Wildman–Crippen MR) is 101 cm³/mol. The van der Waals surface area contributed by atoms with Crippen LogP contribution in [0.4, 0.5) is 5.82 Å². The molecule has 5 heteroatoms. The Morgan fingerprint density at radius 1 is 1.04 bits per heavy atom. The number of hydrogen-bond acceptors (Lipinski definition) is 2. The summed E-state index contributed by atoms with van der Waals surface area (Å²) in [6, 6.07) is 17.8. The minimum atomic E-state index is 0.328. The minimum Gasteiger partial charge on any atom is -0.366 e. The lowest BCUT2D eigenvalue weighted by atomic mass is 10.1. The molecular formula is C19H19Cl2N3. The lowest BCUT2D eigenvalue weighted by molar-refractivity contribution is 0.769. The highest BCUT2D eigenvalue weighted by atomic mass is 35.5. The highest BCUT2D eigenvalue weighted by Gasteiger charge is 2.14. The molecule has 0 spiro atoms. The molecule has 1 heterocycles. The van der Waals surface area contributed by atoms with Crippen molar-refractivity contribution in [2.45, 2.75) is 26.3 Å². The first kappa shape index (κ1) is 16.9. The number of benzene rings is 2. The van der Waals surface area contributed by atoms with E-state index in [0.717, 1.165) is 23.7 Å². The van der Waals surface area contributed by atoms with E-state index in [4.69, 9.17) is 28.3 Å². The quantitative estimate of drug-likeness (QED) is 0.613. The fourth-order valence-corrected chi connectivity index (χ4v) is 2.92. The summed E-state index contributed by atoms with van der Waals surface area (Å²) in [4.78, 5) is 0. The normalized spacial score (nSPS) is 11.0. The minimum absolute atomic E-state index is 0.328. The zero-order valence-corrected chi connectivity index (χ0v) is 15.1. The van der Waals surface area contributed by atoms with E-state index >= 15 is 0 Å². The second-order valence-corrected chi connectivity index (χ2v) is 6.80. The van der Waals surface area contributed by atoms with Crippen LogP contribution in [0.15, 0.2) is 54.6 Å². The van der Waals surface area contributed by atoms with Crippen LogP contribution in [0.2, 0.25) is 10.0 Å². The Labute approximate surface area is 152 Å². The molecular weight excluding hydrogens is 341 g/mol. The van der Waals surface area contributed by atoms with Crippen LogP contribution in [-0.4, -0.2) is 9.78 Å². The summed E-state index contributed by atoms with van der Waals surface area (Å²) >= 11 is 12.4. The van der Waals surface area contributed by atoms with Gasteiger partial charge in [-0.05, 0) is 29.7 Å². The van der Waals surface area contributed by atoms with E-state index in [1.807, 2.05) is 35.0 Å². The summed E-state index contributed by atoms with van der Waals surface area (Å²) in [5, 5.41) is 9.35. The van der Waals surface area contributed by atoms with Crippen LogP contribution in [0.5, 0.6) is 0 Å². The van der Waals surface area contributed by atoms with Crippen molar-refractivity contribution in [3.05, 3.63) is 75.9 Å². The molecule has 3 nitrogen and oxygen atoms in total. The highest BCUT2D eigenvalue weighted by molar-refractivity contribution is 6.35. The fraction of sp³-hybridized carbons (Fsp3) is 0.211. The zero-order valence-electron chi connectivity index (χ0n) is 13.6. The molecule has 0 aliphatic heterocycles. The van der Waals surface area contributed by atoms with Crippen LogP contribution in [0.1, 0.15) is 31.0 Å². The summed E-state index contributed by atoms with van der Waals surface area (Å²) in [6.45, 7) is 4.96. The van der Waals surface area contributed by atoms with E-state index < -0.39 is 0 Å². The first-order valence-electron chi connectivity index (χ1n) is 7.88. The first-order valence-corrected chi connectivity index (χ1v) is 8.63. The van der Waals surface area contributed by atoms with Crippen molar-refractivity contribution in [3.8, 4) is 5.69 Å². The average molecular weight is 360 g/mol. The molecule has 1 aromatic heterocycles. The van der Waals surface area contributed by atoms with Crippen molar-refractivity contribution in [2.75, 3.05) is 5.32 Å². The predicted octanol–water partition coefficient (Wildman–Crippen LogP) is 5.91. The number of nitrogens with zero attached hydrogens (tertiary/aromatic N) is 2. The Hall–Kier alpha value is -1.97. The van der Waals surface area contributed by atoms with Crippen molar-refractivity contribution in [1.82, 2.24) is 9.78 Å². The Kier molecular flexibility index (Phi) is 5.12. The number of nitrogens with one attached hydrogen (secondary N) is 1. The Morgan fingerprint density at radius 2 is 1.79 bits per heavy atom. The van der Waals surface area contributed by atoms with Crippen molar-refractivity contribution < 1.29 is 0 Å². The van der Waals surface area contributed by atoms with Gasteiger partial charge in [0.2, 0.25) is 0 Å². The van der Waals surface area contributed by atoms with Crippen molar-refractivity contribution >= 4 is 29.0 Å². The third kappa shape index (κ3) is 3.74. The summed E-state index contributed by atoms with van der Waals surface area (Å²) in [5.74, 6) is 1.24. The second-order valence-electron chi connectivity index (χ2n) is 5.96. The summed E-state index contributed by atoms with van der Waals surface area (Å²) in [7, 11) is 0. The number of anilines is 1. The highest BCUT2D eigenvalue weighted by Crippen LogP contribution is 2.29. The number of halogens is 2. The zero-order chi connectivity index (χ0) is 17.1. The van der Waals surface area contributed by atoms with Gasteiger partial charge in [0.05, 0.1) is 16.4 Å². The largest absolute Gasteiger partial charge is 0.366 e. The number of hydrogen-bond donors (Lipinski definition) is 1. The molecule has 0 bridgehead atoms. The van der Waals surface area contributed by atoms with Gasteiger partial charge >= 0.3 is 0 Å². The van der Waals surface area contributed by atoms with Gasteiger partial charge in [-0.2, -0.15) is 5.10 Å². The maximum atomic E-state index is 6.37. The van der Waals surface area contributed by atoms with Gasteiger partial charge in [-0.3, -0.25) is 0 Å². The maximum Gasteiger partial charge on any atom is 0.130 e. The Morgan fingerprint density at radius 3 is 2.46 bits per heavy atom. The SMILES string of the molecule is CC(C)c1cc(NCc2ccccc2)n(-c2ccc(Cl)cc2Cl)n1. The summed E-state index contributed by atoms with van der Waals surface area (Å²) in [6.07, 6.45) is 0. The third-order valence-corrected chi connectivity index (χ3v) is 4.31. The molecule has 2 aromatic carbocycles.